The Morgan fingerprint density at radius 2 is 1.70 bits per heavy atom. The van der Waals surface area contributed by atoms with Crippen molar-refractivity contribution >= 4 is 11.6 Å². The highest BCUT2D eigenvalue weighted by Gasteiger charge is 2.17. The van der Waals surface area contributed by atoms with Crippen LogP contribution in [-0.2, 0) is 11.3 Å². The summed E-state index contributed by atoms with van der Waals surface area (Å²) in [6.07, 6.45) is -0.0502. The van der Waals surface area contributed by atoms with Crippen molar-refractivity contribution in [3.63, 3.8) is 0 Å². The molecule has 1 aliphatic rings. The average molecular weight is 367 g/mol. The molecule has 2 aromatic rings. The normalized spacial score (nSPS) is 16.0. The SMILES string of the molecule is CC(=O)NCC(C)Oc1ccc(CN2CCN(c3ccccc3)CC2)cc1. The van der Waals surface area contributed by atoms with Gasteiger partial charge in [-0.15, -0.1) is 0 Å². The summed E-state index contributed by atoms with van der Waals surface area (Å²) >= 11 is 0. The number of hydrogen-bond acceptors (Lipinski definition) is 4. The van der Waals surface area contributed by atoms with E-state index in [2.05, 4.69) is 57.6 Å². The van der Waals surface area contributed by atoms with Gasteiger partial charge in [0.1, 0.15) is 11.9 Å². The molecule has 1 atom stereocenters. The molecule has 0 bridgehead atoms. The summed E-state index contributed by atoms with van der Waals surface area (Å²) in [5.41, 5.74) is 2.61. The van der Waals surface area contributed by atoms with Gasteiger partial charge in [-0.2, -0.15) is 0 Å². The number of hydrogen-bond donors (Lipinski definition) is 1. The number of nitrogens with one attached hydrogen (secondary N) is 1. The molecule has 1 aliphatic heterocycles. The molecule has 27 heavy (non-hydrogen) atoms. The Labute approximate surface area is 161 Å². The summed E-state index contributed by atoms with van der Waals surface area (Å²) in [7, 11) is 0. The third-order valence-corrected chi connectivity index (χ3v) is 4.80. The minimum Gasteiger partial charge on any atom is -0.489 e. The van der Waals surface area contributed by atoms with Gasteiger partial charge in [0.05, 0.1) is 6.54 Å². The molecule has 5 nitrogen and oxygen atoms in total. The summed E-state index contributed by atoms with van der Waals surface area (Å²) in [4.78, 5) is 15.9. The smallest absolute Gasteiger partial charge is 0.217 e. The van der Waals surface area contributed by atoms with Crippen LogP contribution in [0.1, 0.15) is 19.4 Å². The number of anilines is 1. The van der Waals surface area contributed by atoms with Gasteiger partial charge in [-0.1, -0.05) is 30.3 Å². The Bertz CT molecular complexity index is 710. The fourth-order valence-electron chi connectivity index (χ4n) is 3.30. The van der Waals surface area contributed by atoms with Crippen LogP contribution in [0.15, 0.2) is 54.6 Å². The Hall–Kier alpha value is -2.53. The summed E-state index contributed by atoms with van der Waals surface area (Å²) in [6, 6.07) is 18.9. The molecule has 3 rings (SSSR count). The first-order chi connectivity index (χ1) is 13.1. The number of amides is 1. The molecule has 1 fully saturated rings. The van der Waals surface area contributed by atoms with E-state index in [0.29, 0.717) is 6.54 Å². The minimum atomic E-state index is -0.0502. The summed E-state index contributed by atoms with van der Waals surface area (Å²) < 4.78 is 5.84. The highest BCUT2D eigenvalue weighted by molar-refractivity contribution is 5.72. The fraction of sp³-hybridized carbons (Fsp3) is 0.409. The molecular formula is C22H29N3O2. The number of ether oxygens (including phenoxy) is 1. The first-order valence-corrected chi connectivity index (χ1v) is 9.62. The van der Waals surface area contributed by atoms with Crippen molar-refractivity contribution in [2.24, 2.45) is 0 Å². The van der Waals surface area contributed by atoms with Gasteiger partial charge in [-0.05, 0) is 36.8 Å². The Morgan fingerprint density at radius 3 is 2.33 bits per heavy atom. The maximum absolute atomic E-state index is 11.0. The lowest BCUT2D eigenvalue weighted by molar-refractivity contribution is -0.119. The monoisotopic (exact) mass is 367 g/mol. The second kappa shape index (κ2) is 9.42. The van der Waals surface area contributed by atoms with Crippen LogP contribution in [0.2, 0.25) is 0 Å². The molecule has 0 aliphatic carbocycles. The van der Waals surface area contributed by atoms with Crippen molar-refractivity contribution in [3.05, 3.63) is 60.2 Å². The molecule has 1 N–H and O–H groups in total. The number of nitrogens with zero attached hydrogens (tertiary/aromatic N) is 2. The Morgan fingerprint density at radius 1 is 1.04 bits per heavy atom. The molecule has 1 saturated heterocycles. The van der Waals surface area contributed by atoms with Crippen molar-refractivity contribution in [2.75, 3.05) is 37.6 Å². The zero-order valence-electron chi connectivity index (χ0n) is 16.2. The van der Waals surface area contributed by atoms with Crippen molar-refractivity contribution < 1.29 is 9.53 Å². The van der Waals surface area contributed by atoms with Gasteiger partial charge in [-0.3, -0.25) is 9.69 Å². The van der Waals surface area contributed by atoms with Gasteiger partial charge in [0, 0.05) is 45.3 Å². The summed E-state index contributed by atoms with van der Waals surface area (Å²) in [6.45, 7) is 9.21. The lowest BCUT2D eigenvalue weighted by Crippen LogP contribution is -2.45. The van der Waals surface area contributed by atoms with Gasteiger partial charge in [0.25, 0.3) is 0 Å². The molecule has 5 heteroatoms. The maximum Gasteiger partial charge on any atom is 0.217 e. The number of benzene rings is 2. The van der Waals surface area contributed by atoms with E-state index in [4.69, 9.17) is 4.74 Å². The van der Waals surface area contributed by atoms with Crippen molar-refractivity contribution in [1.82, 2.24) is 10.2 Å². The second-order valence-corrected chi connectivity index (χ2v) is 7.11. The van der Waals surface area contributed by atoms with E-state index in [-0.39, 0.29) is 12.0 Å². The van der Waals surface area contributed by atoms with E-state index in [1.54, 1.807) is 0 Å². The molecule has 0 spiro atoms. The van der Waals surface area contributed by atoms with E-state index < -0.39 is 0 Å². The maximum atomic E-state index is 11.0. The van der Waals surface area contributed by atoms with E-state index >= 15 is 0 Å². The predicted molar refractivity (Wildman–Crippen MR) is 109 cm³/mol. The van der Waals surface area contributed by atoms with E-state index in [1.165, 1.54) is 18.2 Å². The van der Waals surface area contributed by atoms with E-state index in [9.17, 15) is 4.79 Å². The summed E-state index contributed by atoms with van der Waals surface area (Å²) in [5, 5.41) is 2.77. The third-order valence-electron chi connectivity index (χ3n) is 4.80. The van der Waals surface area contributed by atoms with Crippen LogP contribution < -0.4 is 15.0 Å². The van der Waals surface area contributed by atoms with E-state index in [1.807, 2.05) is 19.1 Å². The van der Waals surface area contributed by atoms with Crippen molar-refractivity contribution in [2.45, 2.75) is 26.5 Å². The van der Waals surface area contributed by atoms with Gasteiger partial charge in [0.15, 0.2) is 0 Å². The summed E-state index contributed by atoms with van der Waals surface area (Å²) in [5.74, 6) is 0.804. The lowest BCUT2D eigenvalue weighted by Gasteiger charge is -2.36. The van der Waals surface area contributed by atoms with Gasteiger partial charge in [-0.25, -0.2) is 0 Å². The van der Waals surface area contributed by atoms with Crippen LogP contribution in [0.25, 0.3) is 0 Å². The lowest BCUT2D eigenvalue weighted by atomic mass is 10.2. The first-order valence-electron chi connectivity index (χ1n) is 9.62. The molecule has 1 unspecified atom stereocenters. The Kier molecular flexibility index (Phi) is 6.71. The number of carbonyl (C=O) groups excluding carboxylic acids is 1. The molecule has 0 aromatic heterocycles. The van der Waals surface area contributed by atoms with E-state index in [0.717, 1.165) is 38.5 Å². The highest BCUT2D eigenvalue weighted by Crippen LogP contribution is 2.18. The zero-order chi connectivity index (χ0) is 19.1. The molecular weight excluding hydrogens is 338 g/mol. The standard InChI is InChI=1S/C22H29N3O2/c1-18(16-23-19(2)26)27-22-10-8-20(9-11-22)17-24-12-14-25(15-13-24)21-6-4-3-5-7-21/h3-11,18H,12-17H2,1-2H3,(H,23,26). The highest BCUT2D eigenvalue weighted by atomic mass is 16.5. The van der Waals surface area contributed by atoms with Crippen LogP contribution >= 0.6 is 0 Å². The minimum absolute atomic E-state index is 0.0341. The van der Waals surface area contributed by atoms with Crippen LogP contribution in [-0.4, -0.2) is 49.6 Å². The molecule has 0 radical (unpaired) electrons. The first kappa shape index (κ1) is 19.2. The van der Waals surface area contributed by atoms with Crippen molar-refractivity contribution in [1.29, 1.82) is 0 Å². The van der Waals surface area contributed by atoms with Crippen LogP contribution in [0.5, 0.6) is 5.75 Å². The Balaban J connectivity index is 1.44. The molecule has 1 amide bonds. The molecule has 2 aromatic carbocycles. The number of rotatable bonds is 7. The van der Waals surface area contributed by atoms with Crippen LogP contribution in [0.3, 0.4) is 0 Å². The van der Waals surface area contributed by atoms with Gasteiger partial charge in [0.2, 0.25) is 5.91 Å². The van der Waals surface area contributed by atoms with Gasteiger partial charge >= 0.3 is 0 Å². The topological polar surface area (TPSA) is 44.8 Å². The number of carbonyl (C=O) groups is 1. The number of piperazine rings is 1. The predicted octanol–water partition coefficient (Wildman–Crippen LogP) is 2.91. The van der Waals surface area contributed by atoms with Crippen LogP contribution in [0.4, 0.5) is 5.69 Å². The van der Waals surface area contributed by atoms with Crippen molar-refractivity contribution in [3.8, 4) is 5.75 Å². The van der Waals surface area contributed by atoms with Crippen LogP contribution in [0, 0.1) is 0 Å². The number of para-hydroxylation sites is 1. The molecule has 1 heterocycles. The average Bonchev–Trinajstić information content (AvgIpc) is 2.69. The fourth-order valence-corrected chi connectivity index (χ4v) is 3.30. The van der Waals surface area contributed by atoms with Gasteiger partial charge < -0.3 is 15.0 Å². The third kappa shape index (κ3) is 6.00. The second-order valence-electron chi connectivity index (χ2n) is 7.11. The zero-order valence-corrected chi connectivity index (χ0v) is 16.2. The molecule has 0 saturated carbocycles. The largest absolute Gasteiger partial charge is 0.489 e. The quantitative estimate of drug-likeness (QED) is 0.817. The molecule has 144 valence electrons.